The summed E-state index contributed by atoms with van der Waals surface area (Å²) in [5.41, 5.74) is 0.705. The van der Waals surface area contributed by atoms with Crippen LogP contribution in [-0.4, -0.2) is 36.6 Å². The van der Waals surface area contributed by atoms with E-state index in [2.05, 4.69) is 9.72 Å². The summed E-state index contributed by atoms with van der Waals surface area (Å²) in [4.78, 5) is 26.7. The molecule has 7 heteroatoms. The normalized spacial score (nSPS) is 11.7. The summed E-state index contributed by atoms with van der Waals surface area (Å²) >= 11 is 0. The van der Waals surface area contributed by atoms with Gasteiger partial charge in [-0.05, 0) is 16.0 Å². The lowest BCUT2D eigenvalue weighted by Crippen LogP contribution is -2.29. The molecular weight excluding hydrogens is 238 g/mol. The minimum Gasteiger partial charge on any atom is -0.469 e. The highest BCUT2D eigenvalue weighted by atomic mass is 16.6. The van der Waals surface area contributed by atoms with Gasteiger partial charge in [-0.25, -0.2) is 0 Å². The molecule has 0 spiro atoms. The van der Waals surface area contributed by atoms with E-state index in [0.29, 0.717) is 12.2 Å². The Balaban J connectivity index is 2.69. The molecule has 0 aliphatic carbocycles. The van der Waals surface area contributed by atoms with Crippen molar-refractivity contribution < 1.29 is 14.5 Å². The number of pyridine rings is 1. The molecule has 1 heterocycles. The highest BCUT2D eigenvalue weighted by Gasteiger charge is 2.17. The number of nitrogens with zero attached hydrogens (tertiary/aromatic N) is 3. The van der Waals surface area contributed by atoms with Crippen LogP contribution in [0.25, 0.3) is 0 Å². The molecule has 0 N–H and O–H groups in total. The number of aromatic nitrogens is 1. The van der Waals surface area contributed by atoms with Crippen molar-refractivity contribution in [2.24, 2.45) is 5.92 Å². The Labute approximate surface area is 105 Å². The predicted molar refractivity (Wildman–Crippen MR) is 65.3 cm³/mol. The van der Waals surface area contributed by atoms with Crippen molar-refractivity contribution in [3.63, 3.8) is 0 Å². The third kappa shape index (κ3) is 3.41. The van der Waals surface area contributed by atoms with Crippen LogP contribution in [0.4, 0.5) is 11.5 Å². The number of rotatable bonds is 5. The minimum atomic E-state index is -0.555. The maximum absolute atomic E-state index is 11.3. The number of esters is 1. The molecule has 98 valence electrons. The SMILES string of the molecule is COC(=O)C(C)CN(C)c1ccc([N+](=O)[O-])nc1. The van der Waals surface area contributed by atoms with Gasteiger partial charge in [-0.3, -0.25) is 4.79 Å². The molecule has 0 bridgehead atoms. The van der Waals surface area contributed by atoms with Crippen molar-refractivity contribution in [3.8, 4) is 0 Å². The van der Waals surface area contributed by atoms with E-state index in [1.165, 1.54) is 19.4 Å². The molecule has 0 saturated carbocycles. The van der Waals surface area contributed by atoms with Crippen molar-refractivity contribution in [1.82, 2.24) is 4.98 Å². The molecule has 0 aliphatic heterocycles. The van der Waals surface area contributed by atoms with Crippen LogP contribution in [0.2, 0.25) is 0 Å². The number of nitro groups is 1. The molecule has 1 unspecified atom stereocenters. The average molecular weight is 253 g/mol. The predicted octanol–water partition coefficient (Wildman–Crippen LogP) is 1.24. The van der Waals surface area contributed by atoms with Crippen LogP contribution in [0.5, 0.6) is 0 Å². The fraction of sp³-hybridized carbons (Fsp3) is 0.455. The highest BCUT2D eigenvalue weighted by Crippen LogP contribution is 2.16. The smallest absolute Gasteiger partial charge is 0.363 e. The molecule has 0 aromatic carbocycles. The second kappa shape index (κ2) is 5.95. The summed E-state index contributed by atoms with van der Waals surface area (Å²) in [6.07, 6.45) is 1.40. The topological polar surface area (TPSA) is 85.6 Å². The number of anilines is 1. The second-order valence-corrected chi connectivity index (χ2v) is 3.94. The van der Waals surface area contributed by atoms with Crippen LogP contribution in [0, 0.1) is 16.0 Å². The van der Waals surface area contributed by atoms with Crippen molar-refractivity contribution in [2.45, 2.75) is 6.92 Å². The molecule has 1 aromatic rings. The first-order valence-electron chi connectivity index (χ1n) is 5.35. The van der Waals surface area contributed by atoms with Gasteiger partial charge in [0.15, 0.2) is 6.20 Å². The average Bonchev–Trinajstić information content (AvgIpc) is 2.37. The van der Waals surface area contributed by atoms with Gasteiger partial charge in [0.25, 0.3) is 0 Å². The van der Waals surface area contributed by atoms with Gasteiger partial charge in [-0.2, -0.15) is 0 Å². The zero-order valence-electron chi connectivity index (χ0n) is 10.5. The van der Waals surface area contributed by atoms with Crippen LogP contribution in [0.3, 0.4) is 0 Å². The molecule has 1 atom stereocenters. The van der Waals surface area contributed by atoms with Gasteiger partial charge in [0.1, 0.15) is 0 Å². The highest BCUT2D eigenvalue weighted by molar-refractivity contribution is 5.72. The summed E-state index contributed by atoms with van der Waals surface area (Å²) in [5, 5.41) is 10.5. The first kappa shape index (κ1) is 13.9. The van der Waals surface area contributed by atoms with E-state index >= 15 is 0 Å². The zero-order valence-corrected chi connectivity index (χ0v) is 10.5. The molecule has 0 fully saturated rings. The van der Waals surface area contributed by atoms with Crippen LogP contribution in [-0.2, 0) is 9.53 Å². The maximum Gasteiger partial charge on any atom is 0.363 e. The van der Waals surface area contributed by atoms with Gasteiger partial charge in [0.2, 0.25) is 0 Å². The number of hydrogen-bond donors (Lipinski definition) is 0. The van der Waals surface area contributed by atoms with Gasteiger partial charge in [0.05, 0.1) is 18.7 Å². The standard InChI is InChI=1S/C11H15N3O4/c1-8(11(15)18-3)7-13(2)9-4-5-10(12-6-9)14(16)17/h4-6,8H,7H2,1-3H3. The fourth-order valence-electron chi connectivity index (χ4n) is 1.50. The van der Waals surface area contributed by atoms with Crippen LogP contribution < -0.4 is 4.90 Å². The second-order valence-electron chi connectivity index (χ2n) is 3.94. The Hall–Kier alpha value is -2.18. The van der Waals surface area contributed by atoms with E-state index in [1.54, 1.807) is 24.9 Å². The van der Waals surface area contributed by atoms with E-state index in [4.69, 9.17) is 0 Å². The summed E-state index contributed by atoms with van der Waals surface area (Å²) in [6.45, 7) is 2.20. The molecule has 7 nitrogen and oxygen atoms in total. The van der Waals surface area contributed by atoms with E-state index in [-0.39, 0.29) is 17.7 Å². The number of ether oxygens (including phenoxy) is 1. The third-order valence-corrected chi connectivity index (χ3v) is 2.51. The Bertz CT molecular complexity index is 432. The summed E-state index contributed by atoms with van der Waals surface area (Å²) in [5.74, 6) is -0.778. The van der Waals surface area contributed by atoms with Crippen molar-refractivity contribution >= 4 is 17.5 Å². The number of carbonyl (C=O) groups is 1. The molecule has 0 radical (unpaired) electrons. The lowest BCUT2D eigenvalue weighted by molar-refractivity contribution is -0.389. The fourth-order valence-corrected chi connectivity index (χ4v) is 1.50. The number of carbonyl (C=O) groups excluding carboxylic acids is 1. The van der Waals surface area contributed by atoms with Crippen molar-refractivity contribution in [3.05, 3.63) is 28.4 Å². The Kier molecular flexibility index (Phi) is 4.59. The van der Waals surface area contributed by atoms with Crippen LogP contribution in [0.1, 0.15) is 6.92 Å². The molecule has 0 saturated heterocycles. The minimum absolute atomic E-state index is 0.201. The molecule has 1 aromatic heterocycles. The Morgan fingerprint density at radius 2 is 2.28 bits per heavy atom. The van der Waals surface area contributed by atoms with Crippen molar-refractivity contribution in [2.75, 3.05) is 25.6 Å². The Morgan fingerprint density at radius 3 is 2.72 bits per heavy atom. The van der Waals surface area contributed by atoms with E-state index < -0.39 is 4.92 Å². The van der Waals surface area contributed by atoms with Gasteiger partial charge in [-0.1, -0.05) is 6.92 Å². The summed E-state index contributed by atoms with van der Waals surface area (Å²) < 4.78 is 4.63. The van der Waals surface area contributed by atoms with Gasteiger partial charge in [0, 0.05) is 19.7 Å². The summed E-state index contributed by atoms with van der Waals surface area (Å²) in [6, 6.07) is 2.92. The number of hydrogen-bond acceptors (Lipinski definition) is 6. The van der Waals surface area contributed by atoms with Gasteiger partial charge < -0.3 is 19.8 Å². The van der Waals surface area contributed by atoms with Crippen molar-refractivity contribution in [1.29, 1.82) is 0 Å². The van der Waals surface area contributed by atoms with E-state index in [1.807, 2.05) is 0 Å². The van der Waals surface area contributed by atoms with Crippen LogP contribution in [0.15, 0.2) is 18.3 Å². The molecule has 0 aliphatic rings. The maximum atomic E-state index is 11.3. The first-order chi connectivity index (χ1) is 8.45. The lowest BCUT2D eigenvalue weighted by Gasteiger charge is -2.20. The molecule has 0 amide bonds. The van der Waals surface area contributed by atoms with Gasteiger partial charge in [-0.15, -0.1) is 0 Å². The monoisotopic (exact) mass is 253 g/mol. The third-order valence-electron chi connectivity index (χ3n) is 2.51. The Morgan fingerprint density at radius 1 is 1.61 bits per heavy atom. The lowest BCUT2D eigenvalue weighted by atomic mass is 10.1. The first-order valence-corrected chi connectivity index (χ1v) is 5.35. The zero-order chi connectivity index (χ0) is 13.7. The van der Waals surface area contributed by atoms with E-state index in [0.717, 1.165) is 0 Å². The van der Waals surface area contributed by atoms with Gasteiger partial charge >= 0.3 is 11.8 Å². The van der Waals surface area contributed by atoms with Crippen LogP contribution >= 0.6 is 0 Å². The molecule has 18 heavy (non-hydrogen) atoms. The molecule has 1 rings (SSSR count). The summed E-state index contributed by atoms with van der Waals surface area (Å²) in [7, 11) is 3.12. The largest absolute Gasteiger partial charge is 0.469 e. The number of methoxy groups -OCH3 is 1. The van der Waals surface area contributed by atoms with E-state index in [9.17, 15) is 14.9 Å². The quantitative estimate of drug-likeness (QED) is 0.445. The molecular formula is C11H15N3O4.